The standard InChI is InChI=1S/C24H36N2O2/c1-3-4-5-6-7-14-26-15-11-19(12-16-26)17-24(27)21-10-13-25-23-9-8-20(28-2)18-22(21)23/h8-10,13,18-19,24,27H,3-7,11-12,14-17H2,1-2H3/t24-/m0/s1. The van der Waals surface area contributed by atoms with Gasteiger partial charge in [-0.15, -0.1) is 0 Å². The fourth-order valence-electron chi connectivity index (χ4n) is 4.39. The third-order valence-corrected chi connectivity index (χ3v) is 6.18. The molecule has 1 fully saturated rings. The van der Waals surface area contributed by atoms with Crippen LogP contribution in [0.5, 0.6) is 5.75 Å². The Morgan fingerprint density at radius 1 is 1.14 bits per heavy atom. The van der Waals surface area contributed by atoms with Crippen LogP contribution < -0.4 is 4.74 Å². The zero-order chi connectivity index (χ0) is 19.8. The maximum Gasteiger partial charge on any atom is 0.119 e. The highest BCUT2D eigenvalue weighted by Crippen LogP contribution is 2.32. The molecule has 154 valence electrons. The van der Waals surface area contributed by atoms with E-state index < -0.39 is 6.10 Å². The first-order chi connectivity index (χ1) is 13.7. The number of ether oxygens (including phenoxy) is 1. The highest BCUT2D eigenvalue weighted by molar-refractivity contribution is 5.83. The van der Waals surface area contributed by atoms with Crippen LogP contribution in [-0.4, -0.2) is 41.7 Å². The highest BCUT2D eigenvalue weighted by Gasteiger charge is 2.23. The van der Waals surface area contributed by atoms with Crippen molar-refractivity contribution in [3.8, 4) is 5.75 Å². The summed E-state index contributed by atoms with van der Waals surface area (Å²) in [6.07, 6.45) is 11.3. The monoisotopic (exact) mass is 384 g/mol. The number of unbranched alkanes of at least 4 members (excludes halogenated alkanes) is 4. The van der Waals surface area contributed by atoms with Gasteiger partial charge in [0.25, 0.3) is 0 Å². The Balaban J connectivity index is 1.51. The average Bonchev–Trinajstić information content (AvgIpc) is 2.73. The summed E-state index contributed by atoms with van der Waals surface area (Å²) in [7, 11) is 1.67. The lowest BCUT2D eigenvalue weighted by Gasteiger charge is -2.33. The van der Waals surface area contributed by atoms with E-state index in [1.165, 1.54) is 64.6 Å². The van der Waals surface area contributed by atoms with Crippen molar-refractivity contribution in [1.29, 1.82) is 0 Å². The number of fused-ring (bicyclic) bond motifs is 1. The zero-order valence-electron chi connectivity index (χ0n) is 17.6. The lowest BCUT2D eigenvalue weighted by molar-refractivity contribution is 0.108. The number of pyridine rings is 1. The Morgan fingerprint density at radius 3 is 2.68 bits per heavy atom. The van der Waals surface area contributed by atoms with Crippen molar-refractivity contribution in [2.24, 2.45) is 5.92 Å². The van der Waals surface area contributed by atoms with E-state index in [0.717, 1.165) is 28.6 Å². The molecule has 0 spiro atoms. The molecule has 3 rings (SSSR count). The Hall–Kier alpha value is -1.65. The van der Waals surface area contributed by atoms with Crippen LogP contribution in [0.15, 0.2) is 30.5 Å². The summed E-state index contributed by atoms with van der Waals surface area (Å²) in [6.45, 7) is 5.87. The van der Waals surface area contributed by atoms with Crippen LogP contribution in [0.2, 0.25) is 0 Å². The topological polar surface area (TPSA) is 45.6 Å². The van der Waals surface area contributed by atoms with E-state index in [0.29, 0.717) is 5.92 Å². The molecule has 0 unspecified atom stereocenters. The lowest BCUT2D eigenvalue weighted by atomic mass is 9.88. The first-order valence-electron chi connectivity index (χ1n) is 11.0. The van der Waals surface area contributed by atoms with Crippen LogP contribution in [-0.2, 0) is 0 Å². The number of aliphatic hydroxyl groups is 1. The Labute approximate surface area is 169 Å². The minimum absolute atomic E-state index is 0.441. The normalized spacial score (nSPS) is 17.1. The summed E-state index contributed by atoms with van der Waals surface area (Å²) >= 11 is 0. The van der Waals surface area contributed by atoms with E-state index in [9.17, 15) is 5.11 Å². The summed E-state index contributed by atoms with van der Waals surface area (Å²) in [6, 6.07) is 7.83. The molecule has 4 heteroatoms. The number of hydrogen-bond donors (Lipinski definition) is 1. The van der Waals surface area contributed by atoms with Gasteiger partial charge < -0.3 is 14.7 Å². The van der Waals surface area contributed by atoms with Gasteiger partial charge in [0.1, 0.15) is 5.75 Å². The third-order valence-electron chi connectivity index (χ3n) is 6.18. The third kappa shape index (κ3) is 5.68. The molecule has 2 aromatic rings. The van der Waals surface area contributed by atoms with E-state index in [2.05, 4.69) is 16.8 Å². The van der Waals surface area contributed by atoms with Crippen LogP contribution >= 0.6 is 0 Å². The van der Waals surface area contributed by atoms with Gasteiger partial charge in [-0.2, -0.15) is 0 Å². The fraction of sp³-hybridized carbons (Fsp3) is 0.625. The fourth-order valence-corrected chi connectivity index (χ4v) is 4.39. The van der Waals surface area contributed by atoms with Gasteiger partial charge >= 0.3 is 0 Å². The van der Waals surface area contributed by atoms with E-state index in [1.54, 1.807) is 13.3 Å². The number of nitrogens with zero attached hydrogens (tertiary/aromatic N) is 2. The van der Waals surface area contributed by atoms with E-state index in [-0.39, 0.29) is 0 Å². The van der Waals surface area contributed by atoms with Crippen molar-refractivity contribution in [3.05, 3.63) is 36.0 Å². The summed E-state index contributed by atoms with van der Waals surface area (Å²) in [5.74, 6) is 1.40. The maximum atomic E-state index is 10.9. The van der Waals surface area contributed by atoms with Gasteiger partial charge in [0.05, 0.1) is 18.7 Å². The molecule has 1 N–H and O–H groups in total. The number of rotatable bonds is 10. The van der Waals surface area contributed by atoms with E-state index in [4.69, 9.17) is 4.74 Å². The van der Waals surface area contributed by atoms with Crippen molar-refractivity contribution in [2.45, 2.75) is 64.4 Å². The van der Waals surface area contributed by atoms with Crippen LogP contribution in [0, 0.1) is 5.92 Å². The van der Waals surface area contributed by atoms with Gasteiger partial charge in [-0.05, 0) is 81.1 Å². The van der Waals surface area contributed by atoms with Gasteiger partial charge in [-0.1, -0.05) is 32.6 Å². The minimum Gasteiger partial charge on any atom is -0.497 e. The second-order valence-electron chi connectivity index (χ2n) is 8.23. The molecule has 4 nitrogen and oxygen atoms in total. The Bertz CT molecular complexity index is 726. The summed E-state index contributed by atoms with van der Waals surface area (Å²) in [4.78, 5) is 7.04. The molecule has 0 amide bonds. The minimum atomic E-state index is -0.441. The SMILES string of the molecule is CCCCCCCN1CCC(C[C@H](O)c2ccnc3ccc(OC)cc23)CC1. The van der Waals surface area contributed by atoms with Crippen LogP contribution in [0.25, 0.3) is 10.9 Å². The molecule has 2 heterocycles. The molecule has 1 atom stereocenters. The molecule has 1 saturated heterocycles. The van der Waals surface area contributed by atoms with Crippen molar-refractivity contribution < 1.29 is 9.84 Å². The van der Waals surface area contributed by atoms with Crippen molar-refractivity contribution in [1.82, 2.24) is 9.88 Å². The number of piperidine rings is 1. The number of aromatic nitrogens is 1. The second-order valence-corrected chi connectivity index (χ2v) is 8.23. The highest BCUT2D eigenvalue weighted by atomic mass is 16.5. The molecule has 1 aromatic carbocycles. The Kier molecular flexibility index (Phi) is 8.11. The first kappa shape index (κ1) is 21.1. The molecular formula is C24H36N2O2. The molecule has 28 heavy (non-hydrogen) atoms. The van der Waals surface area contributed by atoms with Gasteiger partial charge in [0.15, 0.2) is 0 Å². The van der Waals surface area contributed by atoms with Crippen molar-refractivity contribution in [3.63, 3.8) is 0 Å². The molecule has 0 bridgehead atoms. The smallest absolute Gasteiger partial charge is 0.119 e. The van der Waals surface area contributed by atoms with Crippen LogP contribution in [0.3, 0.4) is 0 Å². The van der Waals surface area contributed by atoms with Crippen LogP contribution in [0.1, 0.15) is 70.0 Å². The molecule has 0 aliphatic carbocycles. The predicted octanol–water partition coefficient (Wildman–Crippen LogP) is 5.35. The quantitative estimate of drug-likeness (QED) is 0.561. The molecule has 0 saturated carbocycles. The number of likely N-dealkylation sites (tertiary alicyclic amines) is 1. The summed E-state index contributed by atoms with van der Waals surface area (Å²) < 4.78 is 5.36. The lowest BCUT2D eigenvalue weighted by Crippen LogP contribution is -2.34. The van der Waals surface area contributed by atoms with E-state index in [1.807, 2.05) is 24.3 Å². The molecular weight excluding hydrogens is 348 g/mol. The zero-order valence-corrected chi connectivity index (χ0v) is 17.6. The van der Waals surface area contributed by atoms with Crippen molar-refractivity contribution >= 4 is 10.9 Å². The number of benzene rings is 1. The molecule has 1 aromatic heterocycles. The summed E-state index contributed by atoms with van der Waals surface area (Å²) in [5, 5.41) is 11.9. The van der Waals surface area contributed by atoms with Gasteiger partial charge in [-0.3, -0.25) is 4.98 Å². The molecule has 1 aliphatic heterocycles. The largest absolute Gasteiger partial charge is 0.497 e. The van der Waals surface area contributed by atoms with Crippen molar-refractivity contribution in [2.75, 3.05) is 26.7 Å². The van der Waals surface area contributed by atoms with Gasteiger partial charge in [0.2, 0.25) is 0 Å². The average molecular weight is 385 g/mol. The summed E-state index contributed by atoms with van der Waals surface area (Å²) in [5.41, 5.74) is 1.89. The van der Waals surface area contributed by atoms with Gasteiger partial charge in [0, 0.05) is 11.6 Å². The predicted molar refractivity (Wildman–Crippen MR) is 116 cm³/mol. The second kappa shape index (κ2) is 10.8. The van der Waals surface area contributed by atoms with E-state index >= 15 is 0 Å². The first-order valence-corrected chi connectivity index (χ1v) is 11.0. The molecule has 1 aliphatic rings. The van der Waals surface area contributed by atoms with Crippen LogP contribution in [0.4, 0.5) is 0 Å². The number of hydrogen-bond acceptors (Lipinski definition) is 4. The maximum absolute atomic E-state index is 10.9. The molecule has 0 radical (unpaired) electrons. The number of methoxy groups -OCH3 is 1. The van der Waals surface area contributed by atoms with Gasteiger partial charge in [-0.25, -0.2) is 0 Å². The number of aliphatic hydroxyl groups excluding tert-OH is 1. The Morgan fingerprint density at radius 2 is 1.93 bits per heavy atom.